The van der Waals surface area contributed by atoms with Gasteiger partial charge in [-0.25, -0.2) is 13.3 Å². The number of nitrogens with zero attached hydrogens (tertiary/aromatic N) is 2. The summed E-state index contributed by atoms with van der Waals surface area (Å²) < 4.78 is 29.5. The maximum Gasteiger partial charge on any atom is 0.360 e. The molecule has 8 heteroatoms. The van der Waals surface area contributed by atoms with E-state index in [1.165, 1.54) is 16.3 Å². The highest BCUT2D eigenvalue weighted by molar-refractivity contribution is 9.10. The lowest BCUT2D eigenvalue weighted by Gasteiger charge is -2.07. The fraction of sp³-hybridized carbons (Fsp3) is 0.200. The SMILES string of the molecule is CSc1nc(Cl)c2c(F)c(Cl)c(Br)c(F)c2[n+]1C. The normalized spacial score (nSPS) is 11.3. The van der Waals surface area contributed by atoms with Crippen molar-refractivity contribution in [1.29, 1.82) is 0 Å². The van der Waals surface area contributed by atoms with E-state index in [-0.39, 0.29) is 25.6 Å². The number of hydrogen-bond acceptors (Lipinski definition) is 2. The Balaban J connectivity index is 3.11. The summed E-state index contributed by atoms with van der Waals surface area (Å²) in [6.45, 7) is 0. The minimum atomic E-state index is -0.791. The lowest BCUT2D eigenvalue weighted by molar-refractivity contribution is -0.688. The minimum Gasteiger partial charge on any atom is -0.217 e. The topological polar surface area (TPSA) is 16.8 Å². The molecule has 2 aromatic rings. The van der Waals surface area contributed by atoms with Crippen molar-refractivity contribution in [3.05, 3.63) is 26.3 Å². The summed E-state index contributed by atoms with van der Waals surface area (Å²) in [6, 6.07) is 0. The largest absolute Gasteiger partial charge is 0.360 e. The van der Waals surface area contributed by atoms with Crippen LogP contribution in [0.5, 0.6) is 0 Å². The van der Waals surface area contributed by atoms with E-state index in [1.54, 1.807) is 13.3 Å². The van der Waals surface area contributed by atoms with Gasteiger partial charge < -0.3 is 0 Å². The maximum absolute atomic E-state index is 14.2. The Labute approximate surface area is 124 Å². The molecule has 0 N–H and O–H groups in total. The van der Waals surface area contributed by atoms with Crippen molar-refractivity contribution >= 4 is 61.8 Å². The first-order chi connectivity index (χ1) is 8.40. The van der Waals surface area contributed by atoms with Gasteiger partial charge in [-0.1, -0.05) is 11.6 Å². The molecule has 0 atom stereocenters. The molecule has 96 valence electrons. The Bertz CT molecular complexity index is 667. The summed E-state index contributed by atoms with van der Waals surface area (Å²) in [7, 11) is 1.58. The summed E-state index contributed by atoms with van der Waals surface area (Å²) in [5.41, 5.74) is 0.0214. The van der Waals surface area contributed by atoms with Crippen LogP contribution in [0.4, 0.5) is 8.78 Å². The van der Waals surface area contributed by atoms with Gasteiger partial charge >= 0.3 is 5.16 Å². The summed E-state index contributed by atoms with van der Waals surface area (Å²) in [5.74, 6) is -1.46. The Morgan fingerprint density at radius 2 is 1.89 bits per heavy atom. The quantitative estimate of drug-likeness (QED) is 0.186. The van der Waals surface area contributed by atoms with Crippen LogP contribution in [0.1, 0.15) is 0 Å². The van der Waals surface area contributed by atoms with Crippen LogP contribution in [0.15, 0.2) is 9.63 Å². The van der Waals surface area contributed by atoms with Crippen molar-refractivity contribution in [2.24, 2.45) is 7.05 Å². The third kappa shape index (κ3) is 1.99. The molecule has 2 rings (SSSR count). The number of thioether (sulfide) groups is 1. The zero-order valence-corrected chi connectivity index (χ0v) is 13.1. The lowest BCUT2D eigenvalue weighted by Crippen LogP contribution is -2.34. The zero-order chi connectivity index (χ0) is 13.6. The van der Waals surface area contributed by atoms with E-state index >= 15 is 0 Å². The highest BCUT2D eigenvalue weighted by atomic mass is 79.9. The number of halogens is 5. The van der Waals surface area contributed by atoms with Crippen molar-refractivity contribution in [2.45, 2.75) is 5.16 Å². The highest BCUT2D eigenvalue weighted by Crippen LogP contribution is 2.36. The van der Waals surface area contributed by atoms with Gasteiger partial charge in [0, 0.05) is 0 Å². The number of rotatable bonds is 1. The number of aromatic nitrogens is 2. The molecule has 1 aromatic carbocycles. The third-order valence-corrected chi connectivity index (χ3v) is 4.78. The Kier molecular flexibility index (Phi) is 4.02. The first-order valence-corrected chi connectivity index (χ1v) is 7.42. The minimum absolute atomic E-state index is 0.0214. The number of fused-ring (bicyclic) bond motifs is 1. The van der Waals surface area contributed by atoms with Crippen LogP contribution in [-0.4, -0.2) is 11.2 Å². The first kappa shape index (κ1) is 14.2. The van der Waals surface area contributed by atoms with Crippen molar-refractivity contribution < 1.29 is 13.3 Å². The molecule has 0 fully saturated rings. The summed E-state index contributed by atoms with van der Waals surface area (Å²) in [6.07, 6.45) is 1.77. The highest BCUT2D eigenvalue weighted by Gasteiger charge is 2.28. The van der Waals surface area contributed by atoms with Gasteiger partial charge in [-0.05, 0) is 50.5 Å². The maximum atomic E-state index is 14.2. The van der Waals surface area contributed by atoms with Crippen LogP contribution < -0.4 is 4.57 Å². The third-order valence-electron chi connectivity index (χ3n) is 2.45. The van der Waals surface area contributed by atoms with Gasteiger partial charge in [0.25, 0.3) is 5.15 Å². The first-order valence-electron chi connectivity index (χ1n) is 4.65. The number of aryl methyl sites for hydroxylation is 1. The average molecular weight is 375 g/mol. The molecule has 0 radical (unpaired) electrons. The average Bonchev–Trinajstić information content (AvgIpc) is 2.35. The zero-order valence-electron chi connectivity index (χ0n) is 9.19. The van der Waals surface area contributed by atoms with E-state index in [2.05, 4.69) is 20.9 Å². The summed E-state index contributed by atoms with van der Waals surface area (Å²) in [4.78, 5) is 4.00. The van der Waals surface area contributed by atoms with Crippen molar-refractivity contribution in [3.63, 3.8) is 0 Å². The van der Waals surface area contributed by atoms with E-state index in [0.29, 0.717) is 5.16 Å². The van der Waals surface area contributed by atoms with E-state index in [0.717, 1.165) is 0 Å². The second-order valence-electron chi connectivity index (χ2n) is 3.43. The fourth-order valence-electron chi connectivity index (χ4n) is 1.62. The molecule has 0 bridgehead atoms. The molecule has 1 heterocycles. The molecule has 0 saturated heterocycles. The van der Waals surface area contributed by atoms with Crippen LogP contribution in [0, 0.1) is 11.6 Å². The molecule has 0 amide bonds. The monoisotopic (exact) mass is 373 g/mol. The smallest absolute Gasteiger partial charge is 0.217 e. The summed E-state index contributed by atoms with van der Waals surface area (Å²) in [5, 5.41) is -0.110. The van der Waals surface area contributed by atoms with Crippen LogP contribution >= 0.6 is 50.9 Å². The van der Waals surface area contributed by atoms with Gasteiger partial charge in [-0.15, -0.1) is 0 Å². The summed E-state index contributed by atoms with van der Waals surface area (Å²) >= 11 is 15.8. The lowest BCUT2D eigenvalue weighted by atomic mass is 10.2. The Morgan fingerprint density at radius 1 is 1.28 bits per heavy atom. The van der Waals surface area contributed by atoms with Gasteiger partial charge in [0.05, 0.1) is 16.5 Å². The number of benzene rings is 1. The molecule has 0 aliphatic rings. The molecule has 0 aliphatic carbocycles. The fourth-order valence-corrected chi connectivity index (χ4v) is 3.01. The van der Waals surface area contributed by atoms with Crippen molar-refractivity contribution in [1.82, 2.24) is 4.98 Å². The molecule has 0 saturated carbocycles. The van der Waals surface area contributed by atoms with Crippen LogP contribution in [0.3, 0.4) is 0 Å². The van der Waals surface area contributed by atoms with Crippen LogP contribution in [0.2, 0.25) is 10.2 Å². The van der Waals surface area contributed by atoms with Crippen LogP contribution in [-0.2, 0) is 7.05 Å². The van der Waals surface area contributed by atoms with Crippen LogP contribution in [0.25, 0.3) is 10.9 Å². The van der Waals surface area contributed by atoms with Crippen molar-refractivity contribution in [3.8, 4) is 0 Å². The molecule has 18 heavy (non-hydrogen) atoms. The van der Waals surface area contributed by atoms with E-state index < -0.39 is 11.6 Å². The van der Waals surface area contributed by atoms with Gasteiger partial charge in [-0.3, -0.25) is 0 Å². The molecular weight excluding hydrogens is 369 g/mol. The van der Waals surface area contributed by atoms with E-state index in [9.17, 15) is 8.78 Å². The second kappa shape index (κ2) is 5.07. The molecule has 0 spiro atoms. The Hall–Kier alpha value is -0.170. The van der Waals surface area contributed by atoms with E-state index in [1.807, 2.05) is 0 Å². The van der Waals surface area contributed by atoms with Gasteiger partial charge in [0.2, 0.25) is 0 Å². The molecule has 0 aliphatic heterocycles. The van der Waals surface area contributed by atoms with E-state index in [4.69, 9.17) is 23.2 Å². The molecule has 2 nitrogen and oxygen atoms in total. The van der Waals surface area contributed by atoms with Gasteiger partial charge in [0.1, 0.15) is 5.39 Å². The molecule has 1 aromatic heterocycles. The van der Waals surface area contributed by atoms with Gasteiger partial charge in [-0.2, -0.15) is 0 Å². The number of hydrogen-bond donors (Lipinski definition) is 0. The van der Waals surface area contributed by atoms with Gasteiger partial charge in [0.15, 0.2) is 17.2 Å². The molecular formula is C10H6BrCl2F2N2S+. The van der Waals surface area contributed by atoms with Crippen molar-refractivity contribution in [2.75, 3.05) is 6.26 Å². The Morgan fingerprint density at radius 3 is 2.44 bits per heavy atom. The standard InChI is InChI=1S/C10H6BrCl2F2N2S/c1-17-8-3(9(13)16-10(17)18-2)6(14)5(12)4(11)7(8)15/h1-2H3/q+1. The predicted octanol–water partition coefficient (Wildman–Crippen LogP) is 4.13. The molecule has 0 unspecified atom stereocenters. The second-order valence-corrected chi connectivity index (χ2v) is 5.73. The predicted molar refractivity (Wildman–Crippen MR) is 72.3 cm³/mol.